The molecular formula is C41H27BN2. The molecule has 3 heterocycles. The molecule has 0 unspecified atom stereocenters. The van der Waals surface area contributed by atoms with Crippen LogP contribution in [0.5, 0.6) is 0 Å². The van der Waals surface area contributed by atoms with E-state index in [0.29, 0.717) is 0 Å². The van der Waals surface area contributed by atoms with Crippen LogP contribution in [0.3, 0.4) is 0 Å². The second-order valence-electron chi connectivity index (χ2n) is 12.2. The summed E-state index contributed by atoms with van der Waals surface area (Å²) < 4.78 is 0. The van der Waals surface area contributed by atoms with Gasteiger partial charge in [0.1, 0.15) is 0 Å². The number of nitrogens with zero attached hydrogens (tertiary/aromatic N) is 2. The fraction of sp³-hybridized carbons (Fsp3) is 0.0244. The summed E-state index contributed by atoms with van der Waals surface area (Å²) in [5.41, 5.74) is 18.0. The quantitative estimate of drug-likeness (QED) is 0.195. The second kappa shape index (κ2) is 8.75. The summed E-state index contributed by atoms with van der Waals surface area (Å²) >= 11 is 0. The molecule has 0 atom stereocenters. The van der Waals surface area contributed by atoms with Gasteiger partial charge in [-0.2, -0.15) is 0 Å². The molecule has 0 spiro atoms. The van der Waals surface area contributed by atoms with Crippen molar-refractivity contribution in [2.45, 2.75) is 6.92 Å². The van der Waals surface area contributed by atoms with E-state index >= 15 is 0 Å². The number of benzene rings is 7. The third-order valence-electron chi connectivity index (χ3n) is 9.82. The third-order valence-corrected chi connectivity index (χ3v) is 9.82. The van der Waals surface area contributed by atoms with E-state index in [1.807, 2.05) is 0 Å². The molecular weight excluding hydrogens is 531 g/mol. The number of anilines is 5. The van der Waals surface area contributed by atoms with Crippen LogP contribution in [-0.2, 0) is 0 Å². The van der Waals surface area contributed by atoms with Gasteiger partial charge in [-0.05, 0) is 88.0 Å². The molecule has 0 saturated carbocycles. The van der Waals surface area contributed by atoms with E-state index in [2.05, 4.69) is 162 Å². The summed E-state index contributed by atoms with van der Waals surface area (Å²) in [7, 11) is 0. The van der Waals surface area contributed by atoms with Crippen LogP contribution in [-0.4, -0.2) is 6.85 Å². The Hall–Kier alpha value is -5.54. The van der Waals surface area contributed by atoms with Crippen LogP contribution in [0.4, 0.5) is 28.4 Å². The van der Waals surface area contributed by atoms with Gasteiger partial charge in [-0.3, -0.25) is 0 Å². The van der Waals surface area contributed by atoms with Crippen LogP contribution in [0.15, 0.2) is 146 Å². The Morgan fingerprint density at radius 1 is 0.432 bits per heavy atom. The van der Waals surface area contributed by atoms with Crippen molar-refractivity contribution in [2.75, 3.05) is 9.71 Å². The molecule has 0 radical (unpaired) electrons. The van der Waals surface area contributed by atoms with Crippen molar-refractivity contribution in [1.82, 2.24) is 0 Å². The lowest BCUT2D eigenvalue weighted by atomic mass is 9.41. The molecule has 3 aliphatic rings. The maximum absolute atomic E-state index is 2.62. The maximum Gasteiger partial charge on any atom is 0.333 e. The molecule has 7 aromatic rings. The number of aryl methyl sites for hydroxylation is 1. The Morgan fingerprint density at radius 2 is 1.05 bits per heavy atom. The average Bonchev–Trinajstić information content (AvgIpc) is 3.08. The van der Waals surface area contributed by atoms with Crippen LogP contribution in [0.2, 0.25) is 0 Å². The normalized spacial score (nSPS) is 13.4. The van der Waals surface area contributed by atoms with E-state index < -0.39 is 0 Å². The molecule has 0 aromatic heterocycles. The van der Waals surface area contributed by atoms with Gasteiger partial charge in [0.2, 0.25) is 0 Å². The van der Waals surface area contributed by atoms with Gasteiger partial charge in [0, 0.05) is 39.3 Å². The van der Waals surface area contributed by atoms with Crippen molar-refractivity contribution in [1.29, 1.82) is 0 Å². The molecule has 3 aliphatic heterocycles. The number of fused-ring (bicyclic) bond motifs is 7. The monoisotopic (exact) mass is 558 g/mol. The summed E-state index contributed by atoms with van der Waals surface area (Å²) in [5, 5.41) is 2.51. The SMILES string of the molecule is Cc1ccc2c(c1)-c1cccc3c1B1c4c(cccc4N3c3cccc4ccccc34)-c3cc(-c4ccccc4)ccc3N12. The minimum Gasteiger partial charge on any atom is -0.376 e. The fourth-order valence-corrected chi connectivity index (χ4v) is 7.99. The predicted molar refractivity (Wildman–Crippen MR) is 187 cm³/mol. The highest BCUT2D eigenvalue weighted by Gasteiger charge is 2.48. The van der Waals surface area contributed by atoms with Crippen molar-refractivity contribution in [3.8, 4) is 33.4 Å². The topological polar surface area (TPSA) is 6.48 Å². The molecule has 0 aliphatic carbocycles. The zero-order valence-corrected chi connectivity index (χ0v) is 24.3. The Morgan fingerprint density at radius 3 is 1.82 bits per heavy atom. The first kappa shape index (κ1) is 24.0. The van der Waals surface area contributed by atoms with Gasteiger partial charge in [0.25, 0.3) is 0 Å². The number of hydrogen-bond acceptors (Lipinski definition) is 2. The smallest absolute Gasteiger partial charge is 0.333 e. The van der Waals surface area contributed by atoms with Crippen LogP contribution in [0.1, 0.15) is 5.56 Å². The molecule has 0 saturated heterocycles. The maximum atomic E-state index is 2.62. The fourth-order valence-electron chi connectivity index (χ4n) is 7.99. The van der Waals surface area contributed by atoms with Crippen molar-refractivity contribution < 1.29 is 0 Å². The van der Waals surface area contributed by atoms with E-state index in [-0.39, 0.29) is 6.85 Å². The molecule has 0 bridgehead atoms. The molecule has 44 heavy (non-hydrogen) atoms. The first-order valence-electron chi connectivity index (χ1n) is 15.4. The van der Waals surface area contributed by atoms with E-state index in [1.54, 1.807) is 0 Å². The predicted octanol–water partition coefficient (Wildman–Crippen LogP) is 9.50. The highest BCUT2D eigenvalue weighted by molar-refractivity contribution is 6.95. The highest BCUT2D eigenvalue weighted by Crippen LogP contribution is 2.52. The van der Waals surface area contributed by atoms with Crippen molar-refractivity contribution in [2.24, 2.45) is 0 Å². The lowest BCUT2D eigenvalue weighted by Crippen LogP contribution is -2.63. The van der Waals surface area contributed by atoms with Gasteiger partial charge in [-0.25, -0.2) is 0 Å². The summed E-state index contributed by atoms with van der Waals surface area (Å²) in [4.78, 5) is 5.15. The molecule has 10 rings (SSSR count). The highest BCUT2D eigenvalue weighted by atomic mass is 15.2. The average molecular weight is 558 g/mol. The summed E-state index contributed by atoms with van der Waals surface area (Å²) in [6.07, 6.45) is 0. The van der Waals surface area contributed by atoms with Gasteiger partial charge in [-0.15, -0.1) is 0 Å². The summed E-state index contributed by atoms with van der Waals surface area (Å²) in [6, 6.07) is 54.0. The molecule has 3 heteroatoms. The molecule has 0 amide bonds. The van der Waals surface area contributed by atoms with Crippen molar-refractivity contribution >= 4 is 57.0 Å². The lowest BCUT2D eigenvalue weighted by Gasteiger charge is -2.49. The van der Waals surface area contributed by atoms with Gasteiger partial charge >= 0.3 is 6.85 Å². The third kappa shape index (κ3) is 3.11. The standard InChI is InChI=1S/C41H27BN2/c1-26-20-22-36-33(24-26)31-15-8-18-38-40(31)42-41-32(34-25-29(21-23-37(34)44(36)42)27-10-3-2-4-11-27)16-9-19-39(41)43(38)35-17-7-13-28-12-5-6-14-30(28)35/h2-25H,1H3. The molecule has 0 fully saturated rings. The van der Waals surface area contributed by atoms with Crippen LogP contribution < -0.4 is 20.6 Å². The molecule has 2 nitrogen and oxygen atoms in total. The first-order valence-corrected chi connectivity index (χ1v) is 15.4. The zero-order chi connectivity index (χ0) is 28.9. The second-order valence-corrected chi connectivity index (χ2v) is 12.2. The van der Waals surface area contributed by atoms with Gasteiger partial charge in [0.05, 0.1) is 5.69 Å². The summed E-state index contributed by atoms with van der Waals surface area (Å²) in [6.45, 7) is 2.29. The zero-order valence-electron chi connectivity index (χ0n) is 24.3. The van der Waals surface area contributed by atoms with Crippen molar-refractivity contribution in [3.63, 3.8) is 0 Å². The largest absolute Gasteiger partial charge is 0.376 e. The van der Waals surface area contributed by atoms with Crippen molar-refractivity contribution in [3.05, 3.63) is 151 Å². The van der Waals surface area contributed by atoms with E-state index in [0.717, 1.165) is 0 Å². The Balaban J connectivity index is 1.35. The number of hydrogen-bond donors (Lipinski definition) is 0. The Bertz CT molecular complexity index is 2320. The van der Waals surface area contributed by atoms with E-state index in [4.69, 9.17) is 0 Å². The van der Waals surface area contributed by atoms with Gasteiger partial charge in [0.15, 0.2) is 0 Å². The van der Waals surface area contributed by atoms with Crippen LogP contribution in [0, 0.1) is 6.92 Å². The van der Waals surface area contributed by atoms with Gasteiger partial charge < -0.3 is 9.71 Å². The lowest BCUT2D eigenvalue weighted by molar-refractivity contribution is 1.27. The minimum absolute atomic E-state index is 0.0870. The first-order chi connectivity index (χ1) is 21.8. The molecule has 0 N–H and O–H groups in total. The van der Waals surface area contributed by atoms with Crippen LogP contribution in [0.25, 0.3) is 44.2 Å². The molecule has 7 aromatic carbocycles. The van der Waals surface area contributed by atoms with Gasteiger partial charge in [-0.1, -0.05) is 109 Å². The summed E-state index contributed by atoms with van der Waals surface area (Å²) in [5.74, 6) is 0. The number of rotatable bonds is 2. The van der Waals surface area contributed by atoms with E-state index in [9.17, 15) is 0 Å². The molecule has 204 valence electrons. The Kier molecular flexibility index (Phi) is 4.76. The Labute approximate surface area is 257 Å². The minimum atomic E-state index is 0.0870. The van der Waals surface area contributed by atoms with E-state index in [1.165, 1.54) is 89.1 Å². The van der Waals surface area contributed by atoms with Crippen LogP contribution >= 0.6 is 0 Å².